The topological polar surface area (TPSA) is 62.5 Å². The molecule has 6 heteroatoms. The number of aliphatic imine (C=N–C) groups is 1. The van der Waals surface area contributed by atoms with Gasteiger partial charge in [-0.3, -0.25) is 14.4 Å². The summed E-state index contributed by atoms with van der Waals surface area (Å²) in [5.41, 5.74) is 2.72. The molecule has 29 heavy (non-hydrogen) atoms. The molecule has 0 spiro atoms. The van der Waals surface area contributed by atoms with Crippen molar-refractivity contribution in [1.29, 1.82) is 0 Å². The number of carbonyl (C=O) groups excluding carboxylic acids is 1. The van der Waals surface area contributed by atoms with Gasteiger partial charge in [0, 0.05) is 19.5 Å². The van der Waals surface area contributed by atoms with Crippen molar-refractivity contribution in [2.75, 3.05) is 7.05 Å². The zero-order valence-corrected chi connectivity index (χ0v) is 17.1. The van der Waals surface area contributed by atoms with Gasteiger partial charge in [-0.15, -0.1) is 0 Å². The molecule has 2 heterocycles. The van der Waals surface area contributed by atoms with Crippen molar-refractivity contribution < 1.29 is 4.79 Å². The van der Waals surface area contributed by atoms with E-state index in [4.69, 9.17) is 4.99 Å². The molecule has 1 aromatic carbocycles. The number of amides is 1. The Labute approximate surface area is 170 Å². The van der Waals surface area contributed by atoms with Gasteiger partial charge >= 0.3 is 0 Å². The minimum Gasteiger partial charge on any atom is -0.321 e. The maximum atomic E-state index is 12.9. The lowest BCUT2D eigenvalue weighted by Crippen LogP contribution is -2.50. The Morgan fingerprint density at radius 3 is 2.52 bits per heavy atom. The largest absolute Gasteiger partial charge is 0.321 e. The molecule has 4 saturated carbocycles. The summed E-state index contributed by atoms with van der Waals surface area (Å²) >= 11 is 0. The third-order valence-electron chi connectivity index (χ3n) is 7.53. The Hall–Kier alpha value is -2.63. The first-order valence-corrected chi connectivity index (χ1v) is 10.8. The summed E-state index contributed by atoms with van der Waals surface area (Å²) in [6, 6.07) is 6.14. The van der Waals surface area contributed by atoms with E-state index in [2.05, 4.69) is 16.5 Å². The lowest BCUT2D eigenvalue weighted by Gasteiger charge is -2.55. The van der Waals surface area contributed by atoms with Gasteiger partial charge in [0.1, 0.15) is 5.70 Å². The second-order valence-electron chi connectivity index (χ2n) is 9.71. The number of carbonyl (C=O) groups is 1. The van der Waals surface area contributed by atoms with Crippen molar-refractivity contribution in [2.45, 2.75) is 44.1 Å². The highest BCUT2D eigenvalue weighted by Crippen LogP contribution is 2.57. The van der Waals surface area contributed by atoms with Gasteiger partial charge in [0.15, 0.2) is 0 Å². The van der Waals surface area contributed by atoms with Crippen LogP contribution in [0.5, 0.6) is 0 Å². The molecule has 150 valence electrons. The van der Waals surface area contributed by atoms with Crippen LogP contribution in [-0.2, 0) is 11.8 Å². The van der Waals surface area contributed by atoms with Crippen LogP contribution in [0, 0.1) is 17.8 Å². The van der Waals surface area contributed by atoms with Crippen LogP contribution in [0.25, 0.3) is 17.0 Å². The summed E-state index contributed by atoms with van der Waals surface area (Å²) in [4.78, 5) is 19.8. The third kappa shape index (κ3) is 2.72. The molecule has 1 amide bonds. The highest BCUT2D eigenvalue weighted by atomic mass is 16.2. The van der Waals surface area contributed by atoms with E-state index in [-0.39, 0.29) is 11.4 Å². The van der Waals surface area contributed by atoms with Crippen molar-refractivity contribution in [3.05, 3.63) is 35.7 Å². The molecule has 1 aromatic heterocycles. The van der Waals surface area contributed by atoms with Crippen LogP contribution in [0.15, 0.2) is 35.1 Å². The molecule has 0 radical (unpaired) electrons. The van der Waals surface area contributed by atoms with Gasteiger partial charge in [0.05, 0.1) is 17.3 Å². The monoisotopic (exact) mass is 389 g/mol. The summed E-state index contributed by atoms with van der Waals surface area (Å²) in [6.45, 7) is 0. The van der Waals surface area contributed by atoms with E-state index < -0.39 is 0 Å². The summed E-state index contributed by atoms with van der Waals surface area (Å²) in [5, 5.41) is 8.70. The first kappa shape index (κ1) is 17.2. The minimum absolute atomic E-state index is 0.0141. The van der Waals surface area contributed by atoms with E-state index in [1.54, 1.807) is 4.90 Å². The lowest BCUT2D eigenvalue weighted by atomic mass is 9.53. The van der Waals surface area contributed by atoms with Gasteiger partial charge in [-0.25, -0.2) is 4.99 Å². The molecule has 1 N–H and O–H groups in total. The van der Waals surface area contributed by atoms with Gasteiger partial charge in [-0.2, -0.15) is 5.10 Å². The van der Waals surface area contributed by atoms with Crippen molar-refractivity contribution in [1.82, 2.24) is 20.0 Å². The number of nitrogens with one attached hydrogen (secondary N) is 1. The molecule has 0 atom stereocenters. The summed E-state index contributed by atoms with van der Waals surface area (Å²) in [5.74, 6) is 3.24. The number of benzene rings is 1. The number of guanidine groups is 1. The van der Waals surface area contributed by atoms with Crippen LogP contribution in [0.3, 0.4) is 0 Å². The van der Waals surface area contributed by atoms with Crippen molar-refractivity contribution in [3.8, 4) is 0 Å². The molecule has 4 aliphatic carbocycles. The van der Waals surface area contributed by atoms with Gasteiger partial charge in [0.25, 0.3) is 5.91 Å². The normalized spacial score (nSPS) is 36.0. The quantitative estimate of drug-likeness (QED) is 0.802. The first-order valence-electron chi connectivity index (χ1n) is 10.8. The number of hydrogen-bond acceptors (Lipinski definition) is 3. The predicted octanol–water partition coefficient (Wildman–Crippen LogP) is 3.30. The molecule has 4 bridgehead atoms. The Morgan fingerprint density at radius 2 is 1.83 bits per heavy atom. The smallest absolute Gasteiger partial charge is 0.276 e. The van der Waals surface area contributed by atoms with Crippen LogP contribution >= 0.6 is 0 Å². The molecule has 1 aliphatic heterocycles. The van der Waals surface area contributed by atoms with Crippen molar-refractivity contribution in [2.24, 2.45) is 29.8 Å². The zero-order chi connectivity index (χ0) is 19.8. The fraction of sp³-hybridized carbons (Fsp3) is 0.522. The van der Waals surface area contributed by atoms with Crippen molar-refractivity contribution >= 4 is 28.8 Å². The maximum absolute atomic E-state index is 12.9. The molecular weight excluding hydrogens is 362 g/mol. The van der Waals surface area contributed by atoms with Crippen LogP contribution in [-0.4, -0.2) is 39.1 Å². The van der Waals surface area contributed by atoms with E-state index >= 15 is 0 Å². The second-order valence-corrected chi connectivity index (χ2v) is 9.71. The van der Waals surface area contributed by atoms with Gasteiger partial charge in [0.2, 0.25) is 5.96 Å². The highest BCUT2D eigenvalue weighted by molar-refractivity contribution is 6.15. The Bertz CT molecular complexity index is 1040. The molecule has 6 nitrogen and oxygen atoms in total. The number of hydrogen-bond donors (Lipinski definition) is 1. The Kier molecular flexibility index (Phi) is 3.53. The molecule has 5 fully saturated rings. The fourth-order valence-corrected chi connectivity index (χ4v) is 6.60. The standard InChI is InChI=1S/C23H27N5O/c1-27-21(29)19(9-14-3-4-20-18(8-14)13-24-28(20)2)25-22(27)26-23-10-15-5-16(11-23)7-17(6-15)12-23/h3-4,8-9,13,15-17H,5-7,10-12H2,1-2H3,(H,25,26)/b19-9-. The van der Waals surface area contributed by atoms with Gasteiger partial charge in [-0.05, 0) is 80.1 Å². The predicted molar refractivity (Wildman–Crippen MR) is 113 cm³/mol. The molecule has 5 aliphatic rings. The number of likely N-dealkylation sites (N-methyl/N-ethyl adjacent to an activating group) is 1. The minimum atomic E-state index is -0.0141. The summed E-state index contributed by atoms with van der Waals surface area (Å²) < 4.78 is 1.86. The maximum Gasteiger partial charge on any atom is 0.276 e. The summed E-state index contributed by atoms with van der Waals surface area (Å²) in [6.07, 6.45) is 11.6. The fourth-order valence-electron chi connectivity index (χ4n) is 6.60. The van der Waals surface area contributed by atoms with Crippen LogP contribution in [0.1, 0.15) is 44.1 Å². The van der Waals surface area contributed by atoms with E-state index in [0.717, 1.165) is 40.2 Å². The summed E-state index contributed by atoms with van der Waals surface area (Å²) in [7, 11) is 3.77. The number of aromatic nitrogens is 2. The SMILES string of the molecule is CN1C(=O)/C(=C/c2ccc3c(cnn3C)c2)NC1=NC12CC3CC(CC(C3)C1)C2. The number of aryl methyl sites for hydroxylation is 1. The van der Waals surface area contributed by atoms with Crippen LogP contribution < -0.4 is 5.32 Å². The number of rotatable bonds is 2. The molecule has 7 rings (SSSR count). The second kappa shape index (κ2) is 5.94. The average molecular weight is 390 g/mol. The Balaban J connectivity index is 1.31. The van der Waals surface area contributed by atoms with Crippen molar-refractivity contribution in [3.63, 3.8) is 0 Å². The molecule has 2 aromatic rings. The average Bonchev–Trinajstić information content (AvgIpc) is 3.15. The van der Waals surface area contributed by atoms with E-state index in [0.29, 0.717) is 5.70 Å². The lowest BCUT2D eigenvalue weighted by molar-refractivity contribution is -0.121. The number of fused-ring (bicyclic) bond motifs is 1. The van der Waals surface area contributed by atoms with Gasteiger partial charge in [-0.1, -0.05) is 6.07 Å². The highest BCUT2D eigenvalue weighted by Gasteiger charge is 2.51. The first-order chi connectivity index (χ1) is 14.0. The van der Waals surface area contributed by atoms with E-state index in [9.17, 15) is 4.79 Å². The van der Waals surface area contributed by atoms with E-state index in [1.807, 2.05) is 43.2 Å². The zero-order valence-electron chi connectivity index (χ0n) is 17.1. The van der Waals surface area contributed by atoms with Crippen LogP contribution in [0.4, 0.5) is 0 Å². The molecule has 1 saturated heterocycles. The molecule has 0 unspecified atom stereocenters. The van der Waals surface area contributed by atoms with Gasteiger partial charge < -0.3 is 5.32 Å². The molecular formula is C23H27N5O. The Morgan fingerprint density at radius 1 is 1.14 bits per heavy atom. The van der Waals surface area contributed by atoms with E-state index in [1.165, 1.54) is 38.5 Å². The third-order valence-corrected chi connectivity index (χ3v) is 7.53. The van der Waals surface area contributed by atoms with Crippen LogP contribution in [0.2, 0.25) is 0 Å². The number of nitrogens with zero attached hydrogens (tertiary/aromatic N) is 4.